The van der Waals surface area contributed by atoms with Crippen LogP contribution < -0.4 is 0 Å². The van der Waals surface area contributed by atoms with Gasteiger partial charge < -0.3 is 5.11 Å². The predicted molar refractivity (Wildman–Crippen MR) is 71.3 cm³/mol. The van der Waals surface area contributed by atoms with Gasteiger partial charge in [0.2, 0.25) is 0 Å². The first-order valence-electron chi connectivity index (χ1n) is 5.61. The smallest absolute Gasteiger partial charge is 0.336 e. The number of aromatic nitrogens is 1. The Morgan fingerprint density at radius 3 is 2.61 bits per heavy atom. The van der Waals surface area contributed by atoms with E-state index >= 15 is 0 Å². The van der Waals surface area contributed by atoms with Crippen LogP contribution in [0, 0.1) is 6.92 Å². The number of carboxylic acids is 1. The molecule has 0 saturated carbocycles. The van der Waals surface area contributed by atoms with Crippen LogP contribution in [0.15, 0.2) is 42.5 Å². The van der Waals surface area contributed by atoms with Crippen LogP contribution in [-0.2, 0) is 0 Å². The summed E-state index contributed by atoms with van der Waals surface area (Å²) < 4.78 is 0. The van der Waals surface area contributed by atoms with Gasteiger partial charge in [-0.05, 0) is 36.8 Å². The van der Waals surface area contributed by atoms with E-state index in [0.29, 0.717) is 11.1 Å². The van der Waals surface area contributed by atoms with Crippen molar-refractivity contribution in [3.63, 3.8) is 0 Å². The third-order valence-electron chi connectivity index (χ3n) is 2.53. The number of hydrogen-bond donors (Lipinski definition) is 1. The van der Waals surface area contributed by atoms with E-state index in [1.165, 1.54) is 0 Å². The summed E-state index contributed by atoms with van der Waals surface area (Å²) >= 11 is 0. The summed E-state index contributed by atoms with van der Waals surface area (Å²) in [4.78, 5) is 15.4. The highest BCUT2D eigenvalue weighted by Gasteiger charge is 2.05. The highest BCUT2D eigenvalue weighted by atomic mass is 16.4. The lowest BCUT2D eigenvalue weighted by molar-refractivity contribution is 0.0696. The molecule has 1 aromatic heterocycles. The molecule has 1 aromatic carbocycles. The molecule has 0 spiro atoms. The largest absolute Gasteiger partial charge is 0.478 e. The number of carbonyl (C=O) groups is 1. The molecule has 1 heterocycles. The van der Waals surface area contributed by atoms with Crippen molar-refractivity contribution in [3.05, 3.63) is 65.0 Å². The lowest BCUT2D eigenvalue weighted by Crippen LogP contribution is -1.98. The number of aromatic carboxylic acids is 1. The fourth-order valence-corrected chi connectivity index (χ4v) is 1.67. The number of benzene rings is 1. The van der Waals surface area contributed by atoms with Crippen LogP contribution in [0.4, 0.5) is 0 Å². The van der Waals surface area contributed by atoms with Crippen molar-refractivity contribution in [3.8, 4) is 0 Å². The molecule has 0 atom stereocenters. The Kier molecular flexibility index (Phi) is 3.53. The third-order valence-corrected chi connectivity index (χ3v) is 2.53. The number of rotatable bonds is 3. The molecule has 0 fully saturated rings. The van der Waals surface area contributed by atoms with Crippen LogP contribution in [-0.4, -0.2) is 16.1 Å². The number of pyridine rings is 1. The molecule has 0 radical (unpaired) electrons. The van der Waals surface area contributed by atoms with E-state index in [-0.39, 0.29) is 0 Å². The molecule has 0 aliphatic carbocycles. The summed E-state index contributed by atoms with van der Waals surface area (Å²) in [6.07, 6.45) is 3.58. The van der Waals surface area contributed by atoms with Gasteiger partial charge in [-0.3, -0.25) is 4.98 Å². The SMILES string of the molecule is Cc1cccc(/C=C/c2ccccc2C(=O)O)n1. The third kappa shape index (κ3) is 2.83. The van der Waals surface area contributed by atoms with Gasteiger partial charge >= 0.3 is 5.97 Å². The summed E-state index contributed by atoms with van der Waals surface area (Å²) in [5.41, 5.74) is 2.72. The number of aryl methyl sites for hydroxylation is 1. The van der Waals surface area contributed by atoms with Gasteiger partial charge in [-0.25, -0.2) is 4.79 Å². The maximum atomic E-state index is 11.0. The Hall–Kier alpha value is -2.42. The van der Waals surface area contributed by atoms with Crippen LogP contribution in [0.2, 0.25) is 0 Å². The lowest BCUT2D eigenvalue weighted by atomic mass is 10.1. The average Bonchev–Trinajstić information content (AvgIpc) is 2.37. The van der Waals surface area contributed by atoms with E-state index in [0.717, 1.165) is 11.4 Å². The molecule has 2 aromatic rings. The first-order chi connectivity index (χ1) is 8.66. The molecule has 0 bridgehead atoms. The summed E-state index contributed by atoms with van der Waals surface area (Å²) in [7, 11) is 0. The minimum atomic E-state index is -0.924. The van der Waals surface area contributed by atoms with Gasteiger partial charge in [-0.15, -0.1) is 0 Å². The Morgan fingerprint density at radius 1 is 1.11 bits per heavy atom. The van der Waals surface area contributed by atoms with Crippen molar-refractivity contribution in [2.45, 2.75) is 6.92 Å². The lowest BCUT2D eigenvalue weighted by Gasteiger charge is -2.00. The number of nitrogens with zero attached hydrogens (tertiary/aromatic N) is 1. The molecule has 0 aliphatic rings. The monoisotopic (exact) mass is 239 g/mol. The van der Waals surface area contributed by atoms with Gasteiger partial charge in [0, 0.05) is 5.69 Å². The molecule has 0 aliphatic heterocycles. The number of hydrogen-bond acceptors (Lipinski definition) is 2. The van der Waals surface area contributed by atoms with E-state index in [4.69, 9.17) is 5.11 Å². The molecule has 0 amide bonds. The fourth-order valence-electron chi connectivity index (χ4n) is 1.67. The quantitative estimate of drug-likeness (QED) is 0.894. The molecule has 2 rings (SSSR count). The Balaban J connectivity index is 2.32. The van der Waals surface area contributed by atoms with Crippen LogP contribution in [0.25, 0.3) is 12.2 Å². The van der Waals surface area contributed by atoms with Gasteiger partial charge in [0.05, 0.1) is 11.3 Å². The summed E-state index contributed by atoms with van der Waals surface area (Å²) in [5.74, 6) is -0.924. The van der Waals surface area contributed by atoms with Gasteiger partial charge in [-0.1, -0.05) is 30.3 Å². The summed E-state index contributed by atoms with van der Waals surface area (Å²) in [5, 5.41) is 9.06. The van der Waals surface area contributed by atoms with Crippen molar-refractivity contribution in [1.82, 2.24) is 4.98 Å². The van der Waals surface area contributed by atoms with Crippen LogP contribution >= 0.6 is 0 Å². The minimum absolute atomic E-state index is 0.293. The molecule has 18 heavy (non-hydrogen) atoms. The highest BCUT2D eigenvalue weighted by Crippen LogP contribution is 2.12. The Bertz CT molecular complexity index is 603. The topological polar surface area (TPSA) is 50.2 Å². The summed E-state index contributed by atoms with van der Waals surface area (Å²) in [6.45, 7) is 1.92. The molecular weight excluding hydrogens is 226 g/mol. The van der Waals surface area contributed by atoms with Crippen molar-refractivity contribution in [2.24, 2.45) is 0 Å². The van der Waals surface area contributed by atoms with E-state index in [1.54, 1.807) is 24.3 Å². The number of carboxylic acid groups (broad SMARTS) is 1. The van der Waals surface area contributed by atoms with E-state index < -0.39 is 5.97 Å². The van der Waals surface area contributed by atoms with Crippen molar-refractivity contribution in [2.75, 3.05) is 0 Å². The first kappa shape index (κ1) is 12.0. The van der Waals surface area contributed by atoms with Crippen molar-refractivity contribution >= 4 is 18.1 Å². The first-order valence-corrected chi connectivity index (χ1v) is 5.61. The minimum Gasteiger partial charge on any atom is -0.478 e. The van der Waals surface area contributed by atoms with E-state index in [1.807, 2.05) is 37.3 Å². The van der Waals surface area contributed by atoms with Crippen molar-refractivity contribution in [1.29, 1.82) is 0 Å². The molecular formula is C15H13NO2. The molecule has 3 nitrogen and oxygen atoms in total. The standard InChI is InChI=1S/C15H13NO2/c1-11-5-4-7-13(16-11)10-9-12-6-2-3-8-14(12)15(17)18/h2-10H,1H3,(H,17,18)/b10-9+. The average molecular weight is 239 g/mol. The maximum Gasteiger partial charge on any atom is 0.336 e. The Morgan fingerprint density at radius 2 is 1.89 bits per heavy atom. The Labute approximate surface area is 105 Å². The van der Waals surface area contributed by atoms with Gasteiger partial charge in [-0.2, -0.15) is 0 Å². The molecule has 3 heteroatoms. The molecule has 0 unspecified atom stereocenters. The second-order valence-electron chi connectivity index (χ2n) is 3.93. The second-order valence-corrected chi connectivity index (χ2v) is 3.93. The fraction of sp³-hybridized carbons (Fsp3) is 0.0667. The van der Waals surface area contributed by atoms with Crippen LogP contribution in [0.1, 0.15) is 27.3 Å². The van der Waals surface area contributed by atoms with Crippen molar-refractivity contribution < 1.29 is 9.90 Å². The van der Waals surface area contributed by atoms with E-state index in [2.05, 4.69) is 4.98 Å². The molecule has 1 N–H and O–H groups in total. The van der Waals surface area contributed by atoms with Crippen LogP contribution in [0.3, 0.4) is 0 Å². The highest BCUT2D eigenvalue weighted by molar-refractivity contribution is 5.93. The second kappa shape index (κ2) is 5.27. The van der Waals surface area contributed by atoms with Gasteiger partial charge in [0.1, 0.15) is 0 Å². The van der Waals surface area contributed by atoms with Gasteiger partial charge in [0.15, 0.2) is 0 Å². The zero-order valence-corrected chi connectivity index (χ0v) is 10.00. The van der Waals surface area contributed by atoms with E-state index in [9.17, 15) is 4.79 Å². The molecule has 90 valence electrons. The van der Waals surface area contributed by atoms with Gasteiger partial charge in [0.25, 0.3) is 0 Å². The normalized spacial score (nSPS) is 10.7. The van der Waals surface area contributed by atoms with Crippen LogP contribution in [0.5, 0.6) is 0 Å². The summed E-state index contributed by atoms with van der Waals surface area (Å²) in [6, 6.07) is 12.6. The predicted octanol–water partition coefficient (Wildman–Crippen LogP) is 3.26. The molecule has 0 saturated heterocycles. The zero-order valence-electron chi connectivity index (χ0n) is 10.00. The maximum absolute atomic E-state index is 11.0. The zero-order chi connectivity index (χ0) is 13.0.